The van der Waals surface area contributed by atoms with Crippen LogP contribution >= 0.6 is 0 Å². The third-order valence-electron chi connectivity index (χ3n) is 1.93. The van der Waals surface area contributed by atoms with Crippen LogP contribution in [0.25, 0.3) is 0 Å². The topological polar surface area (TPSA) is 91.2 Å². The molecule has 0 bridgehead atoms. The lowest BCUT2D eigenvalue weighted by atomic mass is 10.3. The maximum absolute atomic E-state index is 11.2. The molecule has 1 aromatic rings. The molecule has 2 amide bonds. The van der Waals surface area contributed by atoms with Crippen LogP contribution in [0.2, 0.25) is 0 Å². The van der Waals surface area contributed by atoms with Crippen LogP contribution in [0.3, 0.4) is 0 Å². The Morgan fingerprint density at radius 3 is 2.50 bits per heavy atom. The number of hydrogen-bond donors (Lipinski definition) is 2. The minimum absolute atomic E-state index is 0.188. The summed E-state index contributed by atoms with van der Waals surface area (Å²) in [5.41, 5.74) is 0. The van der Waals surface area contributed by atoms with Crippen LogP contribution in [-0.2, 0) is 9.59 Å². The van der Waals surface area contributed by atoms with Crippen LogP contribution in [0, 0.1) is 11.3 Å². The molecule has 94 valence electrons. The molecule has 1 aromatic carbocycles. The van der Waals surface area contributed by atoms with Crippen molar-refractivity contribution in [1.29, 1.82) is 5.26 Å². The summed E-state index contributed by atoms with van der Waals surface area (Å²) in [6, 6.07) is 10.8. The fraction of sp³-hybridized carbons (Fsp3) is 0.250. The average molecular weight is 247 g/mol. The molecule has 2 N–H and O–H groups in total. The smallest absolute Gasteiger partial charge is 0.310 e. The average Bonchev–Trinajstić information content (AvgIpc) is 2.41. The largest absolute Gasteiger partial charge is 0.492 e. The number of amides is 2. The second-order valence-electron chi connectivity index (χ2n) is 3.26. The molecule has 0 aliphatic carbocycles. The number of nitrogens with one attached hydrogen (secondary N) is 2. The first-order chi connectivity index (χ1) is 8.74. The Morgan fingerprint density at radius 1 is 1.17 bits per heavy atom. The van der Waals surface area contributed by atoms with Crippen molar-refractivity contribution in [1.82, 2.24) is 10.6 Å². The van der Waals surface area contributed by atoms with Gasteiger partial charge >= 0.3 is 11.8 Å². The lowest BCUT2D eigenvalue weighted by molar-refractivity contribution is -0.139. The van der Waals surface area contributed by atoms with Gasteiger partial charge < -0.3 is 15.4 Å². The van der Waals surface area contributed by atoms with Gasteiger partial charge in [-0.05, 0) is 12.1 Å². The van der Waals surface area contributed by atoms with E-state index in [9.17, 15) is 9.59 Å². The summed E-state index contributed by atoms with van der Waals surface area (Å²) in [6.07, 6.45) is 0. The van der Waals surface area contributed by atoms with Gasteiger partial charge in [0.05, 0.1) is 12.6 Å². The molecule has 0 unspecified atom stereocenters. The van der Waals surface area contributed by atoms with Crippen LogP contribution in [0.4, 0.5) is 0 Å². The maximum Gasteiger partial charge on any atom is 0.310 e. The van der Waals surface area contributed by atoms with Gasteiger partial charge in [0.1, 0.15) is 18.9 Å². The quantitative estimate of drug-likeness (QED) is 0.429. The highest BCUT2D eigenvalue weighted by Crippen LogP contribution is 2.07. The van der Waals surface area contributed by atoms with Crippen molar-refractivity contribution in [3.05, 3.63) is 30.3 Å². The van der Waals surface area contributed by atoms with Crippen LogP contribution in [-0.4, -0.2) is 31.5 Å². The number of carbonyl (C=O) groups excluding carboxylic acids is 2. The lowest BCUT2D eigenvalue weighted by Gasteiger charge is -2.07. The predicted octanol–water partition coefficient (Wildman–Crippen LogP) is -0.179. The SMILES string of the molecule is N#CCNC(=O)C(=O)NCCOc1ccccc1. The summed E-state index contributed by atoms with van der Waals surface area (Å²) < 4.78 is 5.32. The molecule has 18 heavy (non-hydrogen) atoms. The fourth-order valence-electron chi connectivity index (χ4n) is 1.13. The van der Waals surface area contributed by atoms with E-state index >= 15 is 0 Å². The van der Waals surface area contributed by atoms with Crippen LogP contribution < -0.4 is 15.4 Å². The van der Waals surface area contributed by atoms with Crippen molar-refractivity contribution in [3.8, 4) is 11.8 Å². The van der Waals surface area contributed by atoms with Crippen molar-refractivity contribution in [3.63, 3.8) is 0 Å². The third kappa shape index (κ3) is 4.99. The van der Waals surface area contributed by atoms with Crippen LogP contribution in [0.15, 0.2) is 30.3 Å². The molecule has 0 radical (unpaired) electrons. The zero-order chi connectivity index (χ0) is 13.2. The van der Waals surface area contributed by atoms with Crippen LogP contribution in [0.5, 0.6) is 5.75 Å². The van der Waals surface area contributed by atoms with Crippen molar-refractivity contribution < 1.29 is 14.3 Å². The van der Waals surface area contributed by atoms with Gasteiger partial charge in [-0.3, -0.25) is 9.59 Å². The molecule has 0 saturated carbocycles. The predicted molar refractivity (Wildman–Crippen MR) is 63.6 cm³/mol. The molecule has 0 aromatic heterocycles. The van der Waals surface area contributed by atoms with Gasteiger partial charge in [0, 0.05) is 0 Å². The van der Waals surface area contributed by atoms with Gasteiger partial charge in [-0.1, -0.05) is 18.2 Å². The number of rotatable bonds is 5. The molecule has 0 heterocycles. The molecular formula is C12H13N3O3. The Hall–Kier alpha value is -2.55. The Labute approximate surface area is 105 Å². The molecule has 6 heteroatoms. The minimum Gasteiger partial charge on any atom is -0.492 e. The fourth-order valence-corrected chi connectivity index (χ4v) is 1.13. The van der Waals surface area contributed by atoms with E-state index in [-0.39, 0.29) is 19.7 Å². The summed E-state index contributed by atoms with van der Waals surface area (Å²) in [5.74, 6) is -0.904. The lowest BCUT2D eigenvalue weighted by Crippen LogP contribution is -2.41. The van der Waals surface area contributed by atoms with Gasteiger partial charge in [-0.15, -0.1) is 0 Å². The molecule has 6 nitrogen and oxygen atoms in total. The molecule has 0 spiro atoms. The number of benzene rings is 1. The third-order valence-corrected chi connectivity index (χ3v) is 1.93. The first-order valence-electron chi connectivity index (χ1n) is 5.35. The number of nitriles is 1. The Morgan fingerprint density at radius 2 is 1.83 bits per heavy atom. The highest BCUT2D eigenvalue weighted by atomic mass is 16.5. The molecule has 0 aliphatic heterocycles. The monoisotopic (exact) mass is 247 g/mol. The number of carbonyl (C=O) groups is 2. The molecular weight excluding hydrogens is 234 g/mol. The number of nitrogens with zero attached hydrogens (tertiary/aromatic N) is 1. The Balaban J connectivity index is 2.16. The van der Waals surface area contributed by atoms with Gasteiger partial charge in [-0.2, -0.15) is 5.26 Å². The van der Waals surface area contributed by atoms with E-state index in [1.807, 2.05) is 18.2 Å². The molecule has 0 fully saturated rings. The van der Waals surface area contributed by atoms with E-state index in [1.165, 1.54) is 0 Å². The Kier molecular flexibility index (Phi) is 5.77. The first kappa shape index (κ1) is 13.5. The molecule has 0 aliphatic rings. The summed E-state index contributed by atoms with van der Waals surface area (Å²) in [5, 5.41) is 12.7. The van der Waals surface area contributed by atoms with E-state index in [0.717, 1.165) is 0 Å². The highest BCUT2D eigenvalue weighted by Gasteiger charge is 2.11. The van der Waals surface area contributed by atoms with Crippen molar-refractivity contribution in [2.75, 3.05) is 19.7 Å². The van der Waals surface area contributed by atoms with E-state index in [0.29, 0.717) is 5.75 Å². The van der Waals surface area contributed by atoms with E-state index in [2.05, 4.69) is 10.6 Å². The zero-order valence-electron chi connectivity index (χ0n) is 9.68. The maximum atomic E-state index is 11.2. The van der Waals surface area contributed by atoms with Gasteiger partial charge in [0.15, 0.2) is 0 Å². The van der Waals surface area contributed by atoms with E-state index < -0.39 is 11.8 Å². The highest BCUT2D eigenvalue weighted by molar-refractivity contribution is 6.35. The van der Waals surface area contributed by atoms with Crippen LogP contribution in [0.1, 0.15) is 0 Å². The number of hydrogen-bond acceptors (Lipinski definition) is 4. The van der Waals surface area contributed by atoms with Crippen molar-refractivity contribution >= 4 is 11.8 Å². The normalized spacial score (nSPS) is 9.06. The summed E-state index contributed by atoms with van der Waals surface area (Å²) in [4.78, 5) is 22.2. The second kappa shape index (κ2) is 7.68. The van der Waals surface area contributed by atoms with E-state index in [4.69, 9.17) is 10.00 Å². The number of ether oxygens (including phenoxy) is 1. The molecule has 0 saturated heterocycles. The second-order valence-corrected chi connectivity index (χ2v) is 3.26. The summed E-state index contributed by atoms with van der Waals surface area (Å²) in [6.45, 7) is 0.293. The van der Waals surface area contributed by atoms with Crippen molar-refractivity contribution in [2.24, 2.45) is 0 Å². The minimum atomic E-state index is -0.823. The number of para-hydroxylation sites is 1. The Bertz CT molecular complexity index is 440. The standard InChI is InChI=1S/C12H13N3O3/c13-6-7-14-11(16)12(17)15-8-9-18-10-4-2-1-3-5-10/h1-5H,7-9H2,(H,14,16)(H,15,17). The van der Waals surface area contributed by atoms with Gasteiger partial charge in [0.25, 0.3) is 0 Å². The molecule has 1 rings (SSSR count). The zero-order valence-corrected chi connectivity index (χ0v) is 9.68. The molecule has 0 atom stereocenters. The first-order valence-corrected chi connectivity index (χ1v) is 5.35. The van der Waals surface area contributed by atoms with Crippen molar-refractivity contribution in [2.45, 2.75) is 0 Å². The van der Waals surface area contributed by atoms with Gasteiger partial charge in [-0.25, -0.2) is 0 Å². The summed E-state index contributed by atoms with van der Waals surface area (Å²) in [7, 11) is 0. The van der Waals surface area contributed by atoms with Gasteiger partial charge in [0.2, 0.25) is 0 Å². The van der Waals surface area contributed by atoms with E-state index in [1.54, 1.807) is 18.2 Å². The summed E-state index contributed by atoms with van der Waals surface area (Å²) >= 11 is 0.